The first-order valence-corrected chi connectivity index (χ1v) is 21.1. The number of ether oxygens (including phenoxy) is 2. The first-order valence-electron chi connectivity index (χ1n) is 19.6. The molecule has 0 saturated heterocycles. The second-order valence-corrected chi connectivity index (χ2v) is 14.1. The van der Waals surface area contributed by atoms with E-state index in [9.17, 15) is 14.2 Å². The molecular weight excluding hydrogens is 651 g/mol. The summed E-state index contributed by atoms with van der Waals surface area (Å²) >= 11 is 0. The van der Waals surface area contributed by atoms with Crippen LogP contribution in [0.5, 0.6) is 0 Å². The van der Waals surface area contributed by atoms with Crippen LogP contribution in [0.4, 0.5) is 0 Å². The molecule has 0 aliphatic carbocycles. The SMILES string of the molecule is CC/C=C/C/C=C/C/C=C/CCCCCCCC(=O)OC[C@H](COP(=O)(O)O)OC(=O)CCC/C=C/C/C=C/CCCCCCCCCCC. The van der Waals surface area contributed by atoms with Gasteiger partial charge in [-0.05, 0) is 70.6 Å². The molecule has 0 spiro atoms. The van der Waals surface area contributed by atoms with Crippen molar-refractivity contribution >= 4 is 19.8 Å². The first-order chi connectivity index (χ1) is 24.3. The van der Waals surface area contributed by atoms with Crippen molar-refractivity contribution < 1.29 is 37.9 Å². The molecule has 8 nitrogen and oxygen atoms in total. The third-order valence-corrected chi connectivity index (χ3v) is 8.51. The number of hydrogen-bond acceptors (Lipinski definition) is 6. The summed E-state index contributed by atoms with van der Waals surface area (Å²) in [6.45, 7) is 3.51. The van der Waals surface area contributed by atoms with Gasteiger partial charge in [0.1, 0.15) is 6.61 Å². The lowest BCUT2D eigenvalue weighted by atomic mass is 10.1. The molecule has 9 heteroatoms. The molecule has 50 heavy (non-hydrogen) atoms. The van der Waals surface area contributed by atoms with Gasteiger partial charge in [0.05, 0.1) is 6.61 Å². The molecule has 0 aromatic carbocycles. The van der Waals surface area contributed by atoms with Gasteiger partial charge >= 0.3 is 19.8 Å². The maximum Gasteiger partial charge on any atom is 0.469 e. The van der Waals surface area contributed by atoms with E-state index < -0.39 is 32.5 Å². The van der Waals surface area contributed by atoms with Gasteiger partial charge in [-0.3, -0.25) is 14.1 Å². The van der Waals surface area contributed by atoms with Crippen LogP contribution in [-0.4, -0.2) is 41.0 Å². The summed E-state index contributed by atoms with van der Waals surface area (Å²) < 4.78 is 26.3. The first kappa shape index (κ1) is 47.8. The smallest absolute Gasteiger partial charge is 0.462 e. The molecule has 0 saturated carbocycles. The van der Waals surface area contributed by atoms with Gasteiger partial charge in [0.15, 0.2) is 6.10 Å². The van der Waals surface area contributed by atoms with E-state index in [1.807, 2.05) is 6.08 Å². The molecule has 0 heterocycles. The van der Waals surface area contributed by atoms with Crippen molar-refractivity contribution in [1.82, 2.24) is 0 Å². The zero-order chi connectivity index (χ0) is 36.8. The molecule has 0 unspecified atom stereocenters. The van der Waals surface area contributed by atoms with Crippen LogP contribution in [0.2, 0.25) is 0 Å². The molecule has 1 atom stereocenters. The largest absolute Gasteiger partial charge is 0.469 e. The summed E-state index contributed by atoms with van der Waals surface area (Å²) in [5.41, 5.74) is 0. The monoisotopic (exact) mass is 722 g/mol. The standard InChI is InChI=1S/C41H71O8P/c1-3-5-7-9-11-13-15-17-19-20-22-24-26-28-30-32-34-36-41(43)49-39(38-48-50(44,45)46)37-47-40(42)35-33-31-29-27-25-23-21-18-16-14-12-10-8-6-4-2/h6,8,12,14,18,21-22,24,28,30,39H,3-5,7,9-11,13,15-17,19-20,23,25-27,29,31-38H2,1-2H3,(H2,44,45,46)/b8-6+,14-12+,21-18+,24-22+,30-28+/t39-/m1/s1. The number of carbonyl (C=O) groups is 2. The maximum atomic E-state index is 12.4. The fourth-order valence-corrected chi connectivity index (χ4v) is 5.49. The molecule has 0 aliphatic rings. The Morgan fingerprint density at radius 2 is 0.980 bits per heavy atom. The summed E-state index contributed by atoms with van der Waals surface area (Å²) in [4.78, 5) is 42.7. The predicted molar refractivity (Wildman–Crippen MR) is 207 cm³/mol. The van der Waals surface area contributed by atoms with Crippen LogP contribution in [0.1, 0.15) is 168 Å². The zero-order valence-corrected chi connectivity index (χ0v) is 32.4. The van der Waals surface area contributed by atoms with E-state index in [2.05, 4.69) is 73.1 Å². The molecular formula is C41H71O8P. The highest BCUT2D eigenvalue weighted by atomic mass is 31.2. The van der Waals surface area contributed by atoms with Crippen molar-refractivity contribution in [2.24, 2.45) is 0 Å². The van der Waals surface area contributed by atoms with Gasteiger partial charge in [0, 0.05) is 12.8 Å². The summed E-state index contributed by atoms with van der Waals surface area (Å²) in [5.74, 6) is -0.962. The van der Waals surface area contributed by atoms with Gasteiger partial charge in [-0.2, -0.15) is 0 Å². The molecule has 288 valence electrons. The Morgan fingerprint density at radius 1 is 0.540 bits per heavy atom. The lowest BCUT2D eigenvalue weighted by Crippen LogP contribution is -2.29. The highest BCUT2D eigenvalue weighted by Gasteiger charge is 2.22. The number of allylic oxidation sites excluding steroid dienone is 10. The van der Waals surface area contributed by atoms with Crippen LogP contribution in [0, 0.1) is 0 Å². The molecule has 0 aromatic rings. The molecule has 0 aromatic heterocycles. The highest BCUT2D eigenvalue weighted by molar-refractivity contribution is 7.46. The van der Waals surface area contributed by atoms with E-state index in [-0.39, 0.29) is 19.4 Å². The summed E-state index contributed by atoms with van der Waals surface area (Å²) in [6, 6.07) is 0. The molecule has 0 fully saturated rings. The van der Waals surface area contributed by atoms with Crippen molar-refractivity contribution in [1.29, 1.82) is 0 Å². The van der Waals surface area contributed by atoms with Crippen molar-refractivity contribution in [2.45, 2.75) is 174 Å². The minimum Gasteiger partial charge on any atom is -0.462 e. The van der Waals surface area contributed by atoms with E-state index in [1.165, 1.54) is 57.8 Å². The predicted octanol–water partition coefficient (Wildman–Crippen LogP) is 11.7. The molecule has 2 N–H and O–H groups in total. The average Bonchev–Trinajstić information content (AvgIpc) is 3.08. The van der Waals surface area contributed by atoms with Gasteiger partial charge < -0.3 is 19.3 Å². The third-order valence-electron chi connectivity index (χ3n) is 8.02. The normalized spacial score (nSPS) is 13.1. The number of hydrogen-bond donors (Lipinski definition) is 2. The maximum absolute atomic E-state index is 12.4. The van der Waals surface area contributed by atoms with E-state index in [4.69, 9.17) is 19.3 Å². The number of rotatable bonds is 35. The summed E-state index contributed by atoms with van der Waals surface area (Å²) in [5, 5.41) is 0. The molecule has 0 bridgehead atoms. The lowest BCUT2D eigenvalue weighted by molar-refractivity contribution is -0.161. The number of phosphoric ester groups is 1. The fraction of sp³-hybridized carbons (Fsp3) is 0.707. The number of phosphoric acid groups is 1. The Hall–Kier alpha value is -2.25. The number of unbranched alkanes of at least 4 members (excludes halogenated alkanes) is 15. The quantitative estimate of drug-likeness (QED) is 0.0287. The molecule has 0 radical (unpaired) electrons. The second-order valence-electron chi connectivity index (χ2n) is 12.9. The Morgan fingerprint density at radius 3 is 1.50 bits per heavy atom. The molecule has 0 amide bonds. The van der Waals surface area contributed by atoms with E-state index in [0.29, 0.717) is 19.3 Å². The van der Waals surface area contributed by atoms with Gasteiger partial charge in [0.25, 0.3) is 0 Å². The van der Waals surface area contributed by atoms with Gasteiger partial charge in [-0.1, -0.05) is 145 Å². The Balaban J connectivity index is 4.05. The van der Waals surface area contributed by atoms with Crippen LogP contribution in [0.15, 0.2) is 60.8 Å². The molecule has 0 aliphatic heterocycles. The Bertz CT molecular complexity index is 995. The van der Waals surface area contributed by atoms with Crippen molar-refractivity contribution in [3.05, 3.63) is 60.8 Å². The van der Waals surface area contributed by atoms with Gasteiger partial charge in [-0.15, -0.1) is 0 Å². The number of esters is 2. The third kappa shape index (κ3) is 38.6. The summed E-state index contributed by atoms with van der Waals surface area (Å²) in [7, 11) is -4.77. The zero-order valence-electron chi connectivity index (χ0n) is 31.5. The number of carbonyl (C=O) groups excluding carboxylic acids is 2. The Kier molecular flexibility index (Phi) is 34.9. The van der Waals surface area contributed by atoms with Crippen LogP contribution in [0.25, 0.3) is 0 Å². The van der Waals surface area contributed by atoms with Crippen LogP contribution < -0.4 is 0 Å². The lowest BCUT2D eigenvalue weighted by Gasteiger charge is -2.18. The highest BCUT2D eigenvalue weighted by Crippen LogP contribution is 2.36. The minimum atomic E-state index is -4.77. The Labute approximate surface area is 305 Å². The van der Waals surface area contributed by atoms with Crippen LogP contribution in [-0.2, 0) is 28.2 Å². The van der Waals surface area contributed by atoms with Gasteiger partial charge in [0.2, 0.25) is 0 Å². The molecule has 0 rings (SSSR count). The van der Waals surface area contributed by atoms with Crippen LogP contribution >= 0.6 is 7.82 Å². The van der Waals surface area contributed by atoms with E-state index >= 15 is 0 Å². The average molecular weight is 723 g/mol. The van der Waals surface area contributed by atoms with Crippen molar-refractivity contribution in [3.8, 4) is 0 Å². The topological polar surface area (TPSA) is 119 Å². The summed E-state index contributed by atoms with van der Waals surface area (Å²) in [6.07, 6.45) is 45.2. The van der Waals surface area contributed by atoms with Gasteiger partial charge in [-0.25, -0.2) is 4.57 Å². The van der Waals surface area contributed by atoms with Crippen molar-refractivity contribution in [2.75, 3.05) is 13.2 Å². The van der Waals surface area contributed by atoms with Crippen LogP contribution in [0.3, 0.4) is 0 Å². The van der Waals surface area contributed by atoms with E-state index in [1.54, 1.807) is 0 Å². The minimum absolute atomic E-state index is 0.142. The van der Waals surface area contributed by atoms with Crippen molar-refractivity contribution in [3.63, 3.8) is 0 Å². The fourth-order valence-electron chi connectivity index (χ4n) is 5.13. The van der Waals surface area contributed by atoms with E-state index in [0.717, 1.165) is 64.2 Å². The second kappa shape index (κ2) is 36.5.